The minimum Gasteiger partial charge on any atom is -0.478 e. The molecule has 214 valence electrons. The molecular formula is C28H32F3N5O4. The molecule has 0 spiro atoms. The van der Waals surface area contributed by atoms with Crippen LogP contribution in [0.5, 0.6) is 5.88 Å². The minimum atomic E-state index is -4.50. The maximum Gasteiger partial charge on any atom is 0.417 e. The van der Waals surface area contributed by atoms with Gasteiger partial charge in [0.25, 0.3) is 5.91 Å². The lowest BCUT2D eigenvalue weighted by molar-refractivity contribution is -0.137. The van der Waals surface area contributed by atoms with Gasteiger partial charge in [0.05, 0.1) is 30.2 Å². The number of carbonyl (C=O) groups is 2. The van der Waals surface area contributed by atoms with E-state index in [-0.39, 0.29) is 43.7 Å². The summed E-state index contributed by atoms with van der Waals surface area (Å²) in [6, 6.07) is 11.0. The van der Waals surface area contributed by atoms with Crippen LogP contribution >= 0.6 is 0 Å². The van der Waals surface area contributed by atoms with E-state index < -0.39 is 29.5 Å². The Morgan fingerprint density at radius 1 is 1.02 bits per heavy atom. The molecule has 0 radical (unpaired) electrons. The standard InChI is InChI=1S/C28H32F3N5O4/c1-27(2,3)40-26(38)35-13-14-36(25(37)23-24(34(4)18-33-23)19-8-6-5-7-9-19)21(17-35)12-15-39-22-11-10-20(16-32-22)28(29,30)31/h5-11,16,18,21H,12-15,17H2,1-4H3/t21-/m1/s1. The molecule has 4 rings (SSSR count). The molecule has 1 atom stereocenters. The summed E-state index contributed by atoms with van der Waals surface area (Å²) in [5, 5.41) is 0. The molecule has 3 aromatic rings. The summed E-state index contributed by atoms with van der Waals surface area (Å²) in [7, 11) is 1.81. The van der Waals surface area contributed by atoms with E-state index >= 15 is 0 Å². The van der Waals surface area contributed by atoms with E-state index in [9.17, 15) is 22.8 Å². The van der Waals surface area contributed by atoms with Crippen molar-refractivity contribution in [2.45, 2.75) is 45.0 Å². The summed E-state index contributed by atoms with van der Waals surface area (Å²) in [5.74, 6) is -0.261. The Labute approximate surface area is 230 Å². The monoisotopic (exact) mass is 559 g/mol. The molecule has 1 fully saturated rings. The van der Waals surface area contributed by atoms with Crippen LogP contribution in [0.25, 0.3) is 11.3 Å². The highest BCUT2D eigenvalue weighted by Gasteiger charge is 2.36. The number of pyridine rings is 1. The Morgan fingerprint density at radius 3 is 2.38 bits per heavy atom. The van der Waals surface area contributed by atoms with Gasteiger partial charge in [-0.3, -0.25) is 4.79 Å². The van der Waals surface area contributed by atoms with E-state index in [4.69, 9.17) is 9.47 Å². The Bertz CT molecular complexity index is 1320. The average Bonchev–Trinajstić information content (AvgIpc) is 3.29. The molecule has 1 aliphatic rings. The Morgan fingerprint density at radius 2 is 1.75 bits per heavy atom. The summed E-state index contributed by atoms with van der Waals surface area (Å²) in [5.41, 5.74) is 0.238. The van der Waals surface area contributed by atoms with Crippen molar-refractivity contribution in [3.63, 3.8) is 0 Å². The fraction of sp³-hybridized carbons (Fsp3) is 0.429. The summed E-state index contributed by atoms with van der Waals surface area (Å²) < 4.78 is 51.5. The van der Waals surface area contributed by atoms with E-state index in [0.717, 1.165) is 17.7 Å². The van der Waals surface area contributed by atoms with Gasteiger partial charge < -0.3 is 23.8 Å². The molecule has 2 amide bonds. The summed E-state index contributed by atoms with van der Waals surface area (Å²) in [4.78, 5) is 38.0. The Hall–Kier alpha value is -4.09. The first kappa shape index (κ1) is 28.9. The van der Waals surface area contributed by atoms with Gasteiger partial charge in [0.15, 0.2) is 5.69 Å². The number of aromatic nitrogens is 3. The summed E-state index contributed by atoms with van der Waals surface area (Å²) in [6.45, 7) is 6.09. The van der Waals surface area contributed by atoms with Crippen LogP contribution in [-0.4, -0.2) is 74.2 Å². The van der Waals surface area contributed by atoms with Gasteiger partial charge in [-0.15, -0.1) is 0 Å². The smallest absolute Gasteiger partial charge is 0.417 e. The molecule has 0 unspecified atom stereocenters. The van der Waals surface area contributed by atoms with E-state index in [1.54, 1.807) is 41.5 Å². The highest BCUT2D eigenvalue weighted by molar-refractivity contribution is 5.98. The highest BCUT2D eigenvalue weighted by atomic mass is 19.4. The molecule has 1 aliphatic heterocycles. The first-order valence-electron chi connectivity index (χ1n) is 12.8. The molecule has 2 aromatic heterocycles. The number of hydrogen-bond donors (Lipinski definition) is 0. The lowest BCUT2D eigenvalue weighted by Gasteiger charge is -2.41. The van der Waals surface area contributed by atoms with Gasteiger partial charge in [0, 0.05) is 50.9 Å². The molecule has 0 bridgehead atoms. The van der Waals surface area contributed by atoms with Crippen molar-refractivity contribution in [2.24, 2.45) is 7.05 Å². The van der Waals surface area contributed by atoms with Crippen LogP contribution in [0.15, 0.2) is 55.0 Å². The number of alkyl halides is 3. The van der Waals surface area contributed by atoms with E-state index in [1.807, 2.05) is 37.4 Å². The Kier molecular flexibility index (Phi) is 8.36. The van der Waals surface area contributed by atoms with Crippen LogP contribution in [0, 0.1) is 0 Å². The second-order valence-corrected chi connectivity index (χ2v) is 10.5. The quantitative estimate of drug-likeness (QED) is 0.421. The lowest BCUT2D eigenvalue weighted by atomic mass is 10.1. The van der Waals surface area contributed by atoms with Crippen molar-refractivity contribution in [1.29, 1.82) is 0 Å². The first-order chi connectivity index (χ1) is 18.8. The zero-order valence-corrected chi connectivity index (χ0v) is 22.8. The van der Waals surface area contributed by atoms with Crippen LogP contribution in [0.2, 0.25) is 0 Å². The van der Waals surface area contributed by atoms with Gasteiger partial charge >= 0.3 is 12.3 Å². The fourth-order valence-corrected chi connectivity index (χ4v) is 4.45. The molecule has 0 aliphatic carbocycles. The van der Waals surface area contributed by atoms with Gasteiger partial charge in [0.2, 0.25) is 5.88 Å². The SMILES string of the molecule is Cn1cnc(C(=O)N2CCN(C(=O)OC(C)(C)C)C[C@H]2CCOc2ccc(C(F)(F)F)cn2)c1-c1ccccc1. The lowest BCUT2D eigenvalue weighted by Crippen LogP contribution is -2.57. The second kappa shape index (κ2) is 11.6. The summed E-state index contributed by atoms with van der Waals surface area (Å²) in [6.07, 6.45) is -2.40. The van der Waals surface area contributed by atoms with Crippen LogP contribution in [0.3, 0.4) is 0 Å². The zero-order valence-electron chi connectivity index (χ0n) is 22.8. The Balaban J connectivity index is 1.53. The highest BCUT2D eigenvalue weighted by Crippen LogP contribution is 2.29. The van der Waals surface area contributed by atoms with Crippen molar-refractivity contribution in [1.82, 2.24) is 24.3 Å². The maximum absolute atomic E-state index is 13.8. The predicted molar refractivity (Wildman–Crippen MR) is 141 cm³/mol. The topological polar surface area (TPSA) is 89.8 Å². The molecule has 0 saturated carbocycles. The third kappa shape index (κ3) is 6.91. The molecule has 3 heterocycles. The van der Waals surface area contributed by atoms with Gasteiger partial charge in [0.1, 0.15) is 5.60 Å². The van der Waals surface area contributed by atoms with Crippen LogP contribution in [0.4, 0.5) is 18.0 Å². The number of halogens is 3. The number of hydrogen-bond acceptors (Lipinski definition) is 6. The van der Waals surface area contributed by atoms with Crippen LogP contribution in [0.1, 0.15) is 43.2 Å². The van der Waals surface area contributed by atoms with Crippen molar-refractivity contribution >= 4 is 12.0 Å². The second-order valence-electron chi connectivity index (χ2n) is 10.5. The molecule has 1 aromatic carbocycles. The minimum absolute atomic E-state index is 0.0294. The van der Waals surface area contributed by atoms with Crippen molar-refractivity contribution in [2.75, 3.05) is 26.2 Å². The number of benzene rings is 1. The number of nitrogens with zero attached hydrogens (tertiary/aromatic N) is 5. The number of amides is 2. The van der Waals surface area contributed by atoms with Crippen LogP contribution < -0.4 is 4.74 Å². The first-order valence-corrected chi connectivity index (χ1v) is 12.8. The van der Waals surface area contributed by atoms with Crippen molar-refractivity contribution < 1.29 is 32.2 Å². The fourth-order valence-electron chi connectivity index (χ4n) is 4.45. The van der Waals surface area contributed by atoms with Gasteiger partial charge in [-0.25, -0.2) is 14.8 Å². The van der Waals surface area contributed by atoms with Crippen molar-refractivity contribution in [3.05, 3.63) is 66.2 Å². The number of ether oxygens (including phenoxy) is 2. The number of carbonyl (C=O) groups excluding carboxylic acids is 2. The largest absolute Gasteiger partial charge is 0.478 e. The van der Waals surface area contributed by atoms with Crippen LogP contribution in [-0.2, 0) is 18.0 Å². The number of piperazine rings is 1. The molecular weight excluding hydrogens is 527 g/mol. The number of imidazole rings is 1. The molecule has 1 saturated heterocycles. The molecule has 9 nitrogen and oxygen atoms in total. The number of aryl methyl sites for hydroxylation is 1. The van der Waals surface area contributed by atoms with E-state index in [1.165, 1.54) is 0 Å². The third-order valence-electron chi connectivity index (χ3n) is 6.35. The molecule has 40 heavy (non-hydrogen) atoms. The average molecular weight is 560 g/mol. The van der Waals surface area contributed by atoms with E-state index in [2.05, 4.69) is 9.97 Å². The van der Waals surface area contributed by atoms with Gasteiger partial charge in [-0.1, -0.05) is 30.3 Å². The van der Waals surface area contributed by atoms with Gasteiger partial charge in [-0.05, 0) is 26.8 Å². The number of rotatable bonds is 6. The maximum atomic E-state index is 13.8. The summed E-state index contributed by atoms with van der Waals surface area (Å²) >= 11 is 0. The normalized spacial score (nSPS) is 16.1. The molecule has 0 N–H and O–H groups in total. The van der Waals surface area contributed by atoms with E-state index in [0.29, 0.717) is 18.3 Å². The zero-order chi connectivity index (χ0) is 29.1. The third-order valence-corrected chi connectivity index (χ3v) is 6.35. The molecule has 12 heteroatoms. The predicted octanol–water partition coefficient (Wildman–Crippen LogP) is 5.03. The van der Waals surface area contributed by atoms with Gasteiger partial charge in [-0.2, -0.15) is 13.2 Å². The van der Waals surface area contributed by atoms with Crippen molar-refractivity contribution in [3.8, 4) is 17.1 Å².